The molecule has 0 amide bonds. The zero-order valence-electron chi connectivity index (χ0n) is 11.9. The predicted molar refractivity (Wildman–Crippen MR) is 85.2 cm³/mol. The first kappa shape index (κ1) is 14.4. The van der Waals surface area contributed by atoms with Crippen LogP contribution in [0.25, 0.3) is 0 Å². The Hall–Kier alpha value is -1.03. The number of thioether (sulfide) groups is 1. The summed E-state index contributed by atoms with van der Waals surface area (Å²) in [5.41, 5.74) is 7.74. The lowest BCUT2D eigenvalue weighted by atomic mass is 9.84. The number of ether oxygens (including phenoxy) is 1. The summed E-state index contributed by atoms with van der Waals surface area (Å²) in [7, 11) is 0. The Morgan fingerprint density at radius 2 is 2.16 bits per heavy atom. The molecule has 0 bridgehead atoms. The minimum absolute atomic E-state index is 0.426. The fraction of sp³-hybridized carbons (Fsp3) is 0.600. The van der Waals surface area contributed by atoms with Gasteiger partial charge in [-0.05, 0) is 31.6 Å². The number of nitrogen functional groups attached to an aromatic ring is 1. The third-order valence-corrected chi connectivity index (χ3v) is 5.13. The van der Waals surface area contributed by atoms with Crippen molar-refractivity contribution in [1.82, 2.24) is 0 Å². The summed E-state index contributed by atoms with van der Waals surface area (Å²) in [6.07, 6.45) is 7.18. The van der Waals surface area contributed by atoms with Crippen LogP contribution in [0.4, 0.5) is 11.4 Å². The Bertz CT molecular complexity index is 413. The van der Waals surface area contributed by atoms with Gasteiger partial charge in [0.15, 0.2) is 0 Å². The van der Waals surface area contributed by atoms with Crippen LogP contribution in [0.5, 0.6) is 5.75 Å². The summed E-state index contributed by atoms with van der Waals surface area (Å²) in [5.74, 6) is 0.858. The van der Waals surface area contributed by atoms with Gasteiger partial charge in [-0.15, -0.1) is 0 Å². The fourth-order valence-corrected chi connectivity index (χ4v) is 3.23. The largest absolute Gasteiger partial charge is 0.493 e. The summed E-state index contributed by atoms with van der Waals surface area (Å²) >= 11 is 1.98. The van der Waals surface area contributed by atoms with Crippen LogP contribution in [0.15, 0.2) is 18.2 Å². The van der Waals surface area contributed by atoms with Gasteiger partial charge >= 0.3 is 0 Å². The number of benzene rings is 1. The minimum Gasteiger partial charge on any atom is -0.493 e. The second-order valence-electron chi connectivity index (χ2n) is 5.23. The summed E-state index contributed by atoms with van der Waals surface area (Å²) < 4.78 is 6.08. The number of hydrogen-bond donors (Lipinski definition) is 2. The number of nitrogens with two attached hydrogens (primary N) is 1. The van der Waals surface area contributed by atoms with Crippen molar-refractivity contribution in [2.24, 2.45) is 0 Å². The van der Waals surface area contributed by atoms with Gasteiger partial charge < -0.3 is 15.8 Å². The molecule has 4 heteroatoms. The van der Waals surface area contributed by atoms with Gasteiger partial charge in [0.1, 0.15) is 5.75 Å². The van der Waals surface area contributed by atoms with Crippen LogP contribution >= 0.6 is 11.8 Å². The van der Waals surface area contributed by atoms with E-state index in [0.29, 0.717) is 4.75 Å². The highest BCUT2D eigenvalue weighted by molar-refractivity contribution is 8.00. The maximum absolute atomic E-state index is 5.92. The van der Waals surface area contributed by atoms with Crippen LogP contribution in [0, 0.1) is 0 Å². The van der Waals surface area contributed by atoms with E-state index < -0.39 is 0 Å². The first-order valence-electron chi connectivity index (χ1n) is 7.00. The second kappa shape index (κ2) is 6.42. The third-order valence-electron chi connectivity index (χ3n) is 3.71. The number of hydrogen-bond acceptors (Lipinski definition) is 4. The second-order valence-corrected chi connectivity index (χ2v) is 6.51. The molecule has 3 nitrogen and oxygen atoms in total. The third kappa shape index (κ3) is 3.72. The van der Waals surface area contributed by atoms with E-state index in [-0.39, 0.29) is 0 Å². The Morgan fingerprint density at radius 1 is 1.37 bits per heavy atom. The average molecular weight is 280 g/mol. The van der Waals surface area contributed by atoms with Crippen LogP contribution in [-0.4, -0.2) is 24.2 Å². The number of nitrogens with one attached hydrogen (secondary N) is 1. The summed E-state index contributed by atoms with van der Waals surface area (Å²) in [5, 5.41) is 3.52. The normalized spacial score (nSPS) is 16.7. The van der Waals surface area contributed by atoms with E-state index in [0.717, 1.165) is 36.7 Å². The molecule has 1 aliphatic carbocycles. The lowest BCUT2D eigenvalue weighted by molar-refractivity contribution is 0.317. The molecule has 0 atom stereocenters. The highest BCUT2D eigenvalue weighted by Gasteiger charge is 2.35. The summed E-state index contributed by atoms with van der Waals surface area (Å²) in [4.78, 5) is 0. The van der Waals surface area contributed by atoms with Crippen LogP contribution in [0.1, 0.15) is 32.6 Å². The molecule has 0 heterocycles. The Morgan fingerprint density at radius 3 is 2.74 bits per heavy atom. The zero-order valence-corrected chi connectivity index (χ0v) is 12.7. The molecule has 0 spiro atoms. The smallest absolute Gasteiger partial charge is 0.123 e. The molecule has 1 saturated carbocycles. The molecule has 106 valence electrons. The van der Waals surface area contributed by atoms with Gasteiger partial charge in [0.2, 0.25) is 0 Å². The van der Waals surface area contributed by atoms with Gasteiger partial charge in [-0.1, -0.05) is 13.3 Å². The molecule has 1 fully saturated rings. The molecular formula is C15H24N2OS. The highest BCUT2D eigenvalue weighted by Crippen LogP contribution is 2.42. The van der Waals surface area contributed by atoms with Crippen molar-refractivity contribution >= 4 is 23.1 Å². The maximum Gasteiger partial charge on any atom is 0.123 e. The highest BCUT2D eigenvalue weighted by atomic mass is 32.2. The van der Waals surface area contributed by atoms with Gasteiger partial charge in [-0.3, -0.25) is 0 Å². The van der Waals surface area contributed by atoms with Crippen LogP contribution in [-0.2, 0) is 0 Å². The topological polar surface area (TPSA) is 47.3 Å². The Labute approximate surface area is 120 Å². The number of anilines is 2. The molecule has 0 radical (unpaired) electrons. The maximum atomic E-state index is 5.92. The van der Waals surface area contributed by atoms with Crippen LogP contribution in [0.2, 0.25) is 0 Å². The van der Waals surface area contributed by atoms with Gasteiger partial charge in [0, 0.05) is 34.8 Å². The van der Waals surface area contributed by atoms with E-state index in [9.17, 15) is 0 Å². The van der Waals surface area contributed by atoms with Crippen molar-refractivity contribution in [2.45, 2.75) is 37.4 Å². The molecule has 1 aromatic rings. The van der Waals surface area contributed by atoms with Crippen LogP contribution < -0.4 is 15.8 Å². The Kier molecular flexibility index (Phi) is 4.86. The molecule has 3 N–H and O–H groups in total. The van der Waals surface area contributed by atoms with E-state index in [4.69, 9.17) is 10.5 Å². The van der Waals surface area contributed by atoms with Crippen LogP contribution in [0.3, 0.4) is 0 Å². The first-order valence-corrected chi connectivity index (χ1v) is 8.22. The summed E-state index contributed by atoms with van der Waals surface area (Å²) in [6.45, 7) is 3.84. The Balaban J connectivity index is 1.97. The standard InChI is InChI=1S/C15H24N2OS/c1-3-7-18-14-9-12(16)8-13(10-14)17-11-15(19-2)5-4-6-15/h8-10,17H,3-7,11,16H2,1-2H3. The first-order chi connectivity index (χ1) is 9.17. The van der Waals surface area contributed by atoms with E-state index in [1.165, 1.54) is 19.3 Å². The molecule has 0 aliphatic heterocycles. The number of rotatable bonds is 7. The van der Waals surface area contributed by atoms with E-state index in [1.807, 2.05) is 30.0 Å². The molecular weight excluding hydrogens is 256 g/mol. The zero-order chi connectivity index (χ0) is 13.7. The van der Waals surface area contributed by atoms with Gasteiger partial charge in [0.25, 0.3) is 0 Å². The molecule has 0 saturated heterocycles. The van der Waals surface area contributed by atoms with Gasteiger partial charge in [-0.2, -0.15) is 11.8 Å². The molecule has 0 aromatic heterocycles. The molecule has 2 rings (SSSR count). The van der Waals surface area contributed by atoms with Crippen molar-refractivity contribution < 1.29 is 4.74 Å². The molecule has 19 heavy (non-hydrogen) atoms. The minimum atomic E-state index is 0.426. The average Bonchev–Trinajstić information content (AvgIpc) is 2.35. The SMILES string of the molecule is CCCOc1cc(N)cc(NCC2(SC)CCC2)c1. The quantitative estimate of drug-likeness (QED) is 0.747. The molecule has 0 unspecified atom stereocenters. The molecule has 1 aliphatic rings. The predicted octanol–water partition coefficient (Wildman–Crippen LogP) is 3.76. The van der Waals surface area contributed by atoms with E-state index >= 15 is 0 Å². The monoisotopic (exact) mass is 280 g/mol. The van der Waals surface area contributed by atoms with Gasteiger partial charge in [-0.25, -0.2) is 0 Å². The van der Waals surface area contributed by atoms with E-state index in [2.05, 4.69) is 18.5 Å². The van der Waals surface area contributed by atoms with Crippen molar-refractivity contribution in [2.75, 3.05) is 30.5 Å². The van der Waals surface area contributed by atoms with E-state index in [1.54, 1.807) is 0 Å². The lowest BCUT2D eigenvalue weighted by Gasteiger charge is -2.40. The van der Waals surface area contributed by atoms with Crippen molar-refractivity contribution in [1.29, 1.82) is 0 Å². The summed E-state index contributed by atoms with van der Waals surface area (Å²) in [6, 6.07) is 5.90. The van der Waals surface area contributed by atoms with Crippen molar-refractivity contribution in [3.8, 4) is 5.75 Å². The van der Waals surface area contributed by atoms with Gasteiger partial charge in [0.05, 0.1) is 6.61 Å². The van der Waals surface area contributed by atoms with Crippen molar-refractivity contribution in [3.05, 3.63) is 18.2 Å². The lowest BCUT2D eigenvalue weighted by Crippen LogP contribution is -2.40. The van der Waals surface area contributed by atoms with Crippen molar-refractivity contribution in [3.63, 3.8) is 0 Å². The fourth-order valence-electron chi connectivity index (χ4n) is 2.31. The molecule has 1 aromatic carbocycles.